The van der Waals surface area contributed by atoms with Crippen molar-refractivity contribution in [1.82, 2.24) is 4.90 Å². The van der Waals surface area contributed by atoms with E-state index in [1.54, 1.807) is 16.7 Å². The molecule has 0 bridgehead atoms. The maximum atomic E-state index is 12.5. The summed E-state index contributed by atoms with van der Waals surface area (Å²) in [6.45, 7) is 3.96. The van der Waals surface area contributed by atoms with E-state index in [-0.39, 0.29) is 17.7 Å². The average molecular weight is 293 g/mol. The van der Waals surface area contributed by atoms with Crippen LogP contribution >= 0.6 is 11.8 Å². The summed E-state index contributed by atoms with van der Waals surface area (Å²) in [4.78, 5) is 25.3. The fourth-order valence-corrected chi connectivity index (χ4v) is 3.86. The van der Waals surface area contributed by atoms with Crippen molar-refractivity contribution < 1.29 is 14.7 Å². The predicted molar refractivity (Wildman–Crippen MR) is 79.7 cm³/mol. The molecule has 1 saturated heterocycles. The zero-order chi connectivity index (χ0) is 14.7. The van der Waals surface area contributed by atoms with Crippen LogP contribution in [0.25, 0.3) is 0 Å². The van der Waals surface area contributed by atoms with Crippen molar-refractivity contribution >= 4 is 23.6 Å². The molecule has 2 rings (SSSR count). The molecule has 20 heavy (non-hydrogen) atoms. The zero-order valence-electron chi connectivity index (χ0n) is 11.7. The van der Waals surface area contributed by atoms with Gasteiger partial charge in [0.25, 0.3) is 0 Å². The lowest BCUT2D eigenvalue weighted by Gasteiger charge is -2.26. The number of thioether (sulfide) groups is 1. The number of benzene rings is 1. The third-order valence-corrected chi connectivity index (χ3v) is 4.91. The quantitative estimate of drug-likeness (QED) is 0.925. The van der Waals surface area contributed by atoms with Gasteiger partial charge < -0.3 is 10.0 Å². The normalized spacial score (nSPS) is 22.0. The van der Waals surface area contributed by atoms with E-state index in [2.05, 4.69) is 0 Å². The third kappa shape index (κ3) is 3.15. The minimum Gasteiger partial charge on any atom is -0.480 e. The number of aryl methyl sites for hydroxylation is 1. The van der Waals surface area contributed by atoms with Crippen molar-refractivity contribution in [3.05, 3.63) is 35.4 Å². The number of hydrogen-bond donors (Lipinski definition) is 1. The smallest absolute Gasteiger partial charge is 0.327 e. The molecule has 0 aromatic heterocycles. The number of hydrogen-bond acceptors (Lipinski definition) is 3. The van der Waals surface area contributed by atoms with Gasteiger partial charge in [-0.05, 0) is 18.9 Å². The topological polar surface area (TPSA) is 57.6 Å². The summed E-state index contributed by atoms with van der Waals surface area (Å²) in [6, 6.07) is 7.09. The Balaban J connectivity index is 2.15. The highest BCUT2D eigenvalue weighted by Gasteiger charge is 2.40. The Labute approximate surface area is 123 Å². The van der Waals surface area contributed by atoms with E-state index >= 15 is 0 Å². The molecular formula is C15H19NO3S. The van der Waals surface area contributed by atoms with Gasteiger partial charge in [-0.15, -0.1) is 11.8 Å². The summed E-state index contributed by atoms with van der Waals surface area (Å²) in [7, 11) is 0. The molecule has 1 N–H and O–H groups in total. The maximum absolute atomic E-state index is 12.5. The summed E-state index contributed by atoms with van der Waals surface area (Å²) in [6.07, 6.45) is 1.04. The van der Waals surface area contributed by atoms with Crippen LogP contribution in [0.2, 0.25) is 0 Å². The molecular weight excluding hydrogens is 274 g/mol. The molecule has 0 radical (unpaired) electrons. The van der Waals surface area contributed by atoms with E-state index in [1.165, 1.54) is 0 Å². The maximum Gasteiger partial charge on any atom is 0.327 e. The Kier molecular flexibility index (Phi) is 4.70. The van der Waals surface area contributed by atoms with Crippen LogP contribution in [0.5, 0.6) is 0 Å². The molecule has 1 heterocycles. The average Bonchev–Trinajstić information content (AvgIpc) is 2.82. The number of aliphatic carboxylic acids is 1. The lowest BCUT2D eigenvalue weighted by Crippen LogP contribution is -2.46. The highest BCUT2D eigenvalue weighted by atomic mass is 32.2. The van der Waals surface area contributed by atoms with Gasteiger partial charge in [0.2, 0.25) is 5.91 Å². The number of rotatable bonds is 4. The van der Waals surface area contributed by atoms with Crippen molar-refractivity contribution in [2.75, 3.05) is 5.75 Å². The van der Waals surface area contributed by atoms with Crippen LogP contribution in [-0.2, 0) is 16.0 Å². The molecule has 1 aromatic rings. The Hall–Kier alpha value is -1.49. The SMILES string of the molecule is CCC1SCC(C(=O)O)N1C(=O)Cc1cccc(C)c1. The lowest BCUT2D eigenvalue weighted by atomic mass is 10.1. The second kappa shape index (κ2) is 6.31. The van der Waals surface area contributed by atoms with Gasteiger partial charge in [0.1, 0.15) is 6.04 Å². The van der Waals surface area contributed by atoms with Crippen LogP contribution in [0, 0.1) is 6.92 Å². The second-order valence-electron chi connectivity index (χ2n) is 5.02. The molecule has 1 amide bonds. The van der Waals surface area contributed by atoms with Crippen LogP contribution < -0.4 is 0 Å². The fraction of sp³-hybridized carbons (Fsp3) is 0.467. The molecule has 0 spiro atoms. The molecule has 1 fully saturated rings. The van der Waals surface area contributed by atoms with Gasteiger partial charge in [-0.25, -0.2) is 4.79 Å². The number of carboxylic acid groups (broad SMARTS) is 1. The van der Waals surface area contributed by atoms with E-state index in [1.807, 2.05) is 38.1 Å². The van der Waals surface area contributed by atoms with Gasteiger partial charge in [0.05, 0.1) is 11.8 Å². The highest BCUT2D eigenvalue weighted by Crippen LogP contribution is 2.31. The van der Waals surface area contributed by atoms with Crippen LogP contribution in [-0.4, -0.2) is 39.1 Å². The second-order valence-corrected chi connectivity index (χ2v) is 6.23. The minimum atomic E-state index is -0.911. The van der Waals surface area contributed by atoms with Gasteiger partial charge in [0.15, 0.2) is 0 Å². The van der Waals surface area contributed by atoms with Gasteiger partial charge in [-0.3, -0.25) is 4.79 Å². The molecule has 0 saturated carbocycles. The van der Waals surface area contributed by atoms with E-state index in [9.17, 15) is 14.7 Å². The predicted octanol–water partition coefficient (Wildman–Crippen LogP) is 2.30. The monoisotopic (exact) mass is 293 g/mol. The van der Waals surface area contributed by atoms with Crippen molar-refractivity contribution in [2.45, 2.75) is 38.1 Å². The first-order valence-electron chi connectivity index (χ1n) is 6.74. The number of carboxylic acids is 1. The van der Waals surface area contributed by atoms with Crippen LogP contribution in [0.1, 0.15) is 24.5 Å². The van der Waals surface area contributed by atoms with E-state index in [0.29, 0.717) is 5.75 Å². The molecule has 1 aliphatic heterocycles. The Morgan fingerprint density at radius 3 is 2.80 bits per heavy atom. The van der Waals surface area contributed by atoms with Crippen LogP contribution in [0.4, 0.5) is 0 Å². The lowest BCUT2D eigenvalue weighted by molar-refractivity contribution is -0.148. The van der Waals surface area contributed by atoms with E-state index in [4.69, 9.17) is 0 Å². The minimum absolute atomic E-state index is 0.0200. The highest BCUT2D eigenvalue weighted by molar-refractivity contribution is 8.00. The molecule has 108 valence electrons. The number of amides is 1. The molecule has 2 unspecified atom stereocenters. The molecule has 2 atom stereocenters. The first-order valence-corrected chi connectivity index (χ1v) is 7.79. The number of carbonyl (C=O) groups is 2. The van der Waals surface area contributed by atoms with Crippen molar-refractivity contribution in [2.24, 2.45) is 0 Å². The Morgan fingerprint density at radius 1 is 1.45 bits per heavy atom. The van der Waals surface area contributed by atoms with Crippen molar-refractivity contribution in [3.8, 4) is 0 Å². The molecule has 1 aromatic carbocycles. The molecule has 0 aliphatic carbocycles. The standard InChI is InChI=1S/C15H19NO3S/c1-3-14-16(12(9-20-14)15(18)19)13(17)8-11-6-4-5-10(2)7-11/h4-7,12,14H,3,8-9H2,1-2H3,(H,18,19). The van der Waals surface area contributed by atoms with E-state index < -0.39 is 12.0 Å². The Bertz CT molecular complexity index is 518. The summed E-state index contributed by atoms with van der Waals surface area (Å²) < 4.78 is 0. The molecule has 5 heteroatoms. The first-order chi connectivity index (χ1) is 9.52. The molecule has 4 nitrogen and oxygen atoms in total. The van der Waals surface area contributed by atoms with Crippen LogP contribution in [0.15, 0.2) is 24.3 Å². The largest absolute Gasteiger partial charge is 0.480 e. The third-order valence-electron chi connectivity index (χ3n) is 3.45. The first kappa shape index (κ1) is 14.9. The number of carbonyl (C=O) groups excluding carboxylic acids is 1. The van der Waals surface area contributed by atoms with Crippen LogP contribution in [0.3, 0.4) is 0 Å². The van der Waals surface area contributed by atoms with E-state index in [0.717, 1.165) is 17.5 Å². The summed E-state index contributed by atoms with van der Waals surface area (Å²) in [5.74, 6) is -0.529. The fourth-order valence-electron chi connectivity index (χ4n) is 2.49. The Morgan fingerprint density at radius 2 is 2.20 bits per heavy atom. The van der Waals surface area contributed by atoms with Crippen molar-refractivity contribution in [3.63, 3.8) is 0 Å². The van der Waals surface area contributed by atoms with Gasteiger partial charge in [-0.1, -0.05) is 36.8 Å². The zero-order valence-corrected chi connectivity index (χ0v) is 12.5. The summed E-state index contributed by atoms with van der Waals surface area (Å²) in [5.41, 5.74) is 2.04. The van der Waals surface area contributed by atoms with Gasteiger partial charge >= 0.3 is 5.97 Å². The molecule has 1 aliphatic rings. The van der Waals surface area contributed by atoms with Gasteiger partial charge in [-0.2, -0.15) is 0 Å². The van der Waals surface area contributed by atoms with Gasteiger partial charge in [0, 0.05) is 5.75 Å². The number of nitrogens with zero attached hydrogens (tertiary/aromatic N) is 1. The summed E-state index contributed by atoms with van der Waals surface area (Å²) >= 11 is 1.55. The summed E-state index contributed by atoms with van der Waals surface area (Å²) in [5, 5.41) is 9.23. The van der Waals surface area contributed by atoms with Crippen molar-refractivity contribution in [1.29, 1.82) is 0 Å².